The molecule has 0 amide bonds. The molecule has 0 aliphatic carbocycles. The summed E-state index contributed by atoms with van der Waals surface area (Å²) in [7, 11) is 1.33. The molecule has 0 saturated heterocycles. The topological polar surface area (TPSA) is 103 Å². The Morgan fingerprint density at radius 1 is 1.25 bits per heavy atom. The summed E-state index contributed by atoms with van der Waals surface area (Å²) in [5.74, 6) is -0.657. The van der Waals surface area contributed by atoms with Crippen molar-refractivity contribution in [3.8, 4) is 0 Å². The van der Waals surface area contributed by atoms with Crippen LogP contribution in [-0.4, -0.2) is 62.9 Å². The minimum absolute atomic E-state index is 0.0496. The van der Waals surface area contributed by atoms with Crippen LogP contribution >= 0.6 is 11.6 Å². The highest BCUT2D eigenvalue weighted by Gasteiger charge is 2.26. The predicted octanol–water partition coefficient (Wildman–Crippen LogP) is 2.82. The molecule has 2 N–H and O–H groups in total. The number of halogens is 1. The SMILES string of the molecule is CN(C)CCCN(C)S(=O)(=O)c1cc(C(=O)O)c(NCc2ccco2)cc1Cl. The molecule has 28 heavy (non-hydrogen) atoms. The lowest BCUT2D eigenvalue weighted by Crippen LogP contribution is -2.30. The Hall–Kier alpha value is -2.07. The maximum absolute atomic E-state index is 12.9. The molecule has 0 atom stereocenters. The highest BCUT2D eigenvalue weighted by molar-refractivity contribution is 7.89. The van der Waals surface area contributed by atoms with Crippen LogP contribution in [0.3, 0.4) is 0 Å². The molecule has 0 unspecified atom stereocenters. The van der Waals surface area contributed by atoms with Crippen LogP contribution in [0.4, 0.5) is 5.69 Å². The third-order valence-corrected chi connectivity index (χ3v) is 6.42. The minimum Gasteiger partial charge on any atom is -0.478 e. The van der Waals surface area contributed by atoms with Gasteiger partial charge in [-0.3, -0.25) is 0 Å². The number of anilines is 1. The third kappa shape index (κ3) is 5.48. The minimum atomic E-state index is -3.93. The molecule has 2 rings (SSSR count). The Morgan fingerprint density at radius 2 is 1.96 bits per heavy atom. The fourth-order valence-corrected chi connectivity index (χ4v) is 4.30. The summed E-state index contributed by atoms with van der Waals surface area (Å²) in [5.41, 5.74) is 0.0272. The molecule has 2 aromatic rings. The van der Waals surface area contributed by atoms with E-state index < -0.39 is 16.0 Å². The van der Waals surface area contributed by atoms with Crippen LogP contribution in [0.2, 0.25) is 5.02 Å². The largest absolute Gasteiger partial charge is 0.478 e. The molecule has 10 heteroatoms. The summed E-state index contributed by atoms with van der Waals surface area (Å²) in [5, 5.41) is 12.4. The van der Waals surface area contributed by atoms with Crippen molar-refractivity contribution in [2.45, 2.75) is 17.9 Å². The van der Waals surface area contributed by atoms with E-state index in [-0.39, 0.29) is 34.3 Å². The second-order valence-electron chi connectivity index (χ2n) is 6.55. The number of nitrogens with zero attached hydrogens (tertiary/aromatic N) is 2. The first kappa shape index (κ1) is 22.2. The highest BCUT2D eigenvalue weighted by Crippen LogP contribution is 2.31. The molecule has 1 aromatic carbocycles. The third-order valence-electron chi connectivity index (χ3n) is 4.10. The van der Waals surface area contributed by atoms with E-state index in [2.05, 4.69) is 5.32 Å². The maximum Gasteiger partial charge on any atom is 0.337 e. The van der Waals surface area contributed by atoms with E-state index in [1.54, 1.807) is 12.1 Å². The maximum atomic E-state index is 12.9. The summed E-state index contributed by atoms with van der Waals surface area (Å²) >= 11 is 6.21. The van der Waals surface area contributed by atoms with Gasteiger partial charge in [-0.15, -0.1) is 0 Å². The fraction of sp³-hybridized carbons (Fsp3) is 0.389. The van der Waals surface area contributed by atoms with Crippen molar-refractivity contribution in [2.75, 3.05) is 39.5 Å². The average molecular weight is 430 g/mol. The van der Waals surface area contributed by atoms with Crippen LogP contribution in [0.5, 0.6) is 0 Å². The number of carboxylic acid groups (broad SMARTS) is 1. The van der Waals surface area contributed by atoms with Crippen LogP contribution in [0.25, 0.3) is 0 Å². The van der Waals surface area contributed by atoms with Crippen molar-refractivity contribution in [1.82, 2.24) is 9.21 Å². The Balaban J connectivity index is 2.29. The second kappa shape index (κ2) is 9.42. The Bertz CT molecular complexity index is 914. The number of benzene rings is 1. The molecule has 1 aromatic heterocycles. The van der Waals surface area contributed by atoms with Gasteiger partial charge in [-0.1, -0.05) is 11.6 Å². The number of furan rings is 1. The molecule has 0 fully saturated rings. The van der Waals surface area contributed by atoms with Crippen molar-refractivity contribution >= 4 is 33.3 Å². The summed E-state index contributed by atoms with van der Waals surface area (Å²) in [6, 6.07) is 5.85. The van der Waals surface area contributed by atoms with E-state index in [0.29, 0.717) is 12.2 Å². The van der Waals surface area contributed by atoms with Gasteiger partial charge in [0.1, 0.15) is 10.7 Å². The number of hydrogen-bond acceptors (Lipinski definition) is 6. The van der Waals surface area contributed by atoms with Crippen LogP contribution in [0.15, 0.2) is 39.8 Å². The van der Waals surface area contributed by atoms with Gasteiger partial charge in [-0.2, -0.15) is 0 Å². The van der Waals surface area contributed by atoms with Crippen molar-refractivity contribution in [3.05, 3.63) is 46.9 Å². The van der Waals surface area contributed by atoms with Gasteiger partial charge in [-0.05, 0) is 51.3 Å². The summed E-state index contributed by atoms with van der Waals surface area (Å²) in [4.78, 5) is 13.4. The number of nitrogens with one attached hydrogen (secondary N) is 1. The fourth-order valence-electron chi connectivity index (χ4n) is 2.57. The smallest absolute Gasteiger partial charge is 0.337 e. The van der Waals surface area contributed by atoms with E-state index in [4.69, 9.17) is 16.0 Å². The van der Waals surface area contributed by atoms with Crippen LogP contribution < -0.4 is 5.32 Å². The zero-order chi connectivity index (χ0) is 20.9. The molecule has 0 aliphatic rings. The van der Waals surface area contributed by atoms with E-state index in [1.807, 2.05) is 19.0 Å². The molecule has 154 valence electrons. The summed E-state index contributed by atoms with van der Waals surface area (Å²) in [6.45, 7) is 1.25. The van der Waals surface area contributed by atoms with Gasteiger partial charge in [0.15, 0.2) is 0 Å². The lowest BCUT2D eigenvalue weighted by atomic mass is 10.1. The molecular weight excluding hydrogens is 406 g/mol. The van der Waals surface area contributed by atoms with Gasteiger partial charge in [0, 0.05) is 13.6 Å². The Morgan fingerprint density at radius 3 is 2.54 bits per heavy atom. The van der Waals surface area contributed by atoms with Gasteiger partial charge >= 0.3 is 5.97 Å². The van der Waals surface area contributed by atoms with Crippen LogP contribution in [0.1, 0.15) is 22.5 Å². The number of hydrogen-bond donors (Lipinski definition) is 2. The summed E-state index contributed by atoms with van der Waals surface area (Å²) < 4.78 is 32.1. The Kier molecular flexibility index (Phi) is 7.48. The van der Waals surface area contributed by atoms with E-state index in [9.17, 15) is 18.3 Å². The van der Waals surface area contributed by atoms with Gasteiger partial charge in [-0.25, -0.2) is 17.5 Å². The van der Waals surface area contributed by atoms with Gasteiger partial charge in [0.2, 0.25) is 10.0 Å². The number of carbonyl (C=O) groups is 1. The molecule has 0 saturated carbocycles. The average Bonchev–Trinajstić information content (AvgIpc) is 3.12. The summed E-state index contributed by atoms with van der Waals surface area (Å²) in [6.07, 6.45) is 2.14. The molecule has 1 heterocycles. The predicted molar refractivity (Wildman–Crippen MR) is 107 cm³/mol. The van der Waals surface area contributed by atoms with E-state index in [1.165, 1.54) is 23.7 Å². The van der Waals surface area contributed by atoms with Crippen molar-refractivity contribution in [1.29, 1.82) is 0 Å². The van der Waals surface area contributed by atoms with Crippen molar-refractivity contribution < 1.29 is 22.7 Å². The van der Waals surface area contributed by atoms with Crippen molar-refractivity contribution in [2.24, 2.45) is 0 Å². The number of carboxylic acids is 1. The lowest BCUT2D eigenvalue weighted by Gasteiger charge is -2.20. The zero-order valence-corrected chi connectivity index (χ0v) is 17.5. The van der Waals surface area contributed by atoms with E-state index >= 15 is 0 Å². The van der Waals surface area contributed by atoms with E-state index in [0.717, 1.165) is 12.6 Å². The molecule has 0 radical (unpaired) electrons. The quantitative estimate of drug-likeness (QED) is 0.598. The monoisotopic (exact) mass is 429 g/mol. The van der Waals surface area contributed by atoms with Crippen LogP contribution in [-0.2, 0) is 16.6 Å². The van der Waals surface area contributed by atoms with Gasteiger partial charge in [0.05, 0.1) is 29.1 Å². The molecule has 8 nitrogen and oxygen atoms in total. The van der Waals surface area contributed by atoms with Gasteiger partial charge in [0.25, 0.3) is 0 Å². The van der Waals surface area contributed by atoms with Gasteiger partial charge < -0.3 is 19.7 Å². The zero-order valence-electron chi connectivity index (χ0n) is 16.0. The highest BCUT2D eigenvalue weighted by atomic mass is 35.5. The lowest BCUT2D eigenvalue weighted by molar-refractivity contribution is 0.0697. The second-order valence-corrected chi connectivity index (χ2v) is 8.97. The number of aromatic carboxylic acids is 1. The number of sulfonamides is 1. The normalized spacial score (nSPS) is 11.9. The first-order valence-corrected chi connectivity index (χ1v) is 10.4. The molecule has 0 bridgehead atoms. The number of rotatable bonds is 10. The molecular formula is C18H24ClN3O5S. The first-order chi connectivity index (χ1) is 13.1. The molecule has 0 spiro atoms. The molecule has 0 aliphatic heterocycles. The van der Waals surface area contributed by atoms with Crippen molar-refractivity contribution in [3.63, 3.8) is 0 Å². The Labute approximate surface area is 169 Å². The standard InChI is InChI=1S/C18H24ClN3O5S/c1-21(2)7-5-8-22(3)28(25,26)17-10-14(18(23)24)16(11-15(17)19)20-12-13-6-4-9-27-13/h4,6,9-11,20H,5,7-8,12H2,1-3H3,(H,23,24). The van der Waals surface area contributed by atoms with Crippen LogP contribution in [0, 0.1) is 0 Å². The first-order valence-electron chi connectivity index (χ1n) is 8.57.